The highest BCUT2D eigenvalue weighted by molar-refractivity contribution is 6.31. The Morgan fingerprint density at radius 2 is 2.20 bits per heavy atom. The molecule has 0 spiro atoms. The normalized spacial score (nSPS) is 10.6. The summed E-state index contributed by atoms with van der Waals surface area (Å²) in [5, 5.41) is 22.7. The highest BCUT2D eigenvalue weighted by Gasteiger charge is 2.11. The number of amides is 1. The van der Waals surface area contributed by atoms with E-state index in [0.717, 1.165) is 11.8 Å². The van der Waals surface area contributed by atoms with Crippen molar-refractivity contribution in [1.29, 1.82) is 5.26 Å². The number of nitrogens with one attached hydrogen (secondary N) is 2. The Balaban J connectivity index is 2.80. The Hall–Kier alpha value is -2.52. The number of nitrogens with zero attached hydrogens (tertiary/aromatic N) is 1. The van der Waals surface area contributed by atoms with Gasteiger partial charge in [-0.25, -0.2) is 0 Å². The number of carboxylic acids is 1. The Morgan fingerprint density at radius 3 is 2.80 bits per heavy atom. The number of hydrogen-bond acceptors (Lipinski definition) is 4. The molecule has 0 saturated carbocycles. The maximum Gasteiger partial charge on any atom is 0.322 e. The molecule has 1 aromatic carbocycles. The van der Waals surface area contributed by atoms with Crippen molar-refractivity contribution in [3.8, 4) is 6.07 Å². The van der Waals surface area contributed by atoms with Crippen LogP contribution in [0.15, 0.2) is 30.0 Å². The van der Waals surface area contributed by atoms with E-state index < -0.39 is 11.9 Å². The number of hydrogen-bond donors (Lipinski definition) is 3. The van der Waals surface area contributed by atoms with Gasteiger partial charge >= 0.3 is 5.97 Å². The van der Waals surface area contributed by atoms with E-state index in [0.29, 0.717) is 10.7 Å². The standard InChI is InChI=1S/C13H12ClN3O3/c1-8-2-3-10(14)4-11(8)17-13(20)9(5-15)6-16-7-12(18)19/h2-4,6,16H,7H2,1H3,(H,17,20)(H,18,19)/b9-6-. The lowest BCUT2D eigenvalue weighted by Crippen LogP contribution is -2.21. The Kier molecular flexibility index (Phi) is 5.56. The van der Waals surface area contributed by atoms with Crippen molar-refractivity contribution in [2.24, 2.45) is 0 Å². The van der Waals surface area contributed by atoms with Crippen LogP contribution in [0.25, 0.3) is 0 Å². The summed E-state index contributed by atoms with van der Waals surface area (Å²) < 4.78 is 0. The van der Waals surface area contributed by atoms with Gasteiger partial charge in [-0.1, -0.05) is 17.7 Å². The smallest absolute Gasteiger partial charge is 0.322 e. The van der Waals surface area contributed by atoms with Crippen molar-refractivity contribution >= 4 is 29.2 Å². The van der Waals surface area contributed by atoms with E-state index in [1.165, 1.54) is 0 Å². The average Bonchev–Trinajstić information content (AvgIpc) is 2.38. The Labute approximate surface area is 120 Å². The molecular weight excluding hydrogens is 282 g/mol. The topological polar surface area (TPSA) is 102 Å². The largest absolute Gasteiger partial charge is 0.480 e. The first kappa shape index (κ1) is 15.5. The van der Waals surface area contributed by atoms with Crippen LogP contribution in [0.1, 0.15) is 5.56 Å². The molecule has 7 heteroatoms. The van der Waals surface area contributed by atoms with Gasteiger partial charge in [0, 0.05) is 16.9 Å². The van der Waals surface area contributed by atoms with Crippen LogP contribution in [-0.4, -0.2) is 23.5 Å². The molecule has 0 aliphatic carbocycles. The lowest BCUT2D eigenvalue weighted by atomic mass is 10.2. The number of nitriles is 1. The monoisotopic (exact) mass is 293 g/mol. The molecule has 0 aliphatic rings. The highest BCUT2D eigenvalue weighted by Crippen LogP contribution is 2.20. The Morgan fingerprint density at radius 1 is 1.50 bits per heavy atom. The highest BCUT2D eigenvalue weighted by atomic mass is 35.5. The lowest BCUT2D eigenvalue weighted by molar-refractivity contribution is -0.135. The molecule has 1 rings (SSSR count). The summed E-state index contributed by atoms with van der Waals surface area (Å²) in [5.74, 6) is -1.74. The van der Waals surface area contributed by atoms with Crippen molar-refractivity contribution < 1.29 is 14.7 Å². The van der Waals surface area contributed by atoms with Crippen molar-refractivity contribution in [3.05, 3.63) is 40.6 Å². The molecule has 0 fully saturated rings. The second-order valence-electron chi connectivity index (χ2n) is 3.86. The summed E-state index contributed by atoms with van der Waals surface area (Å²) in [7, 11) is 0. The van der Waals surface area contributed by atoms with Crippen LogP contribution in [0.4, 0.5) is 5.69 Å². The second-order valence-corrected chi connectivity index (χ2v) is 4.29. The fourth-order valence-corrected chi connectivity index (χ4v) is 1.48. The molecule has 0 radical (unpaired) electrons. The molecule has 6 nitrogen and oxygen atoms in total. The molecule has 3 N–H and O–H groups in total. The fraction of sp³-hybridized carbons (Fsp3) is 0.154. The molecule has 1 amide bonds. The van der Waals surface area contributed by atoms with Crippen molar-refractivity contribution in [2.45, 2.75) is 6.92 Å². The van der Waals surface area contributed by atoms with Crippen LogP contribution >= 0.6 is 11.6 Å². The Bertz CT molecular complexity index is 605. The second kappa shape index (κ2) is 7.16. The number of aliphatic carboxylic acids is 1. The fourth-order valence-electron chi connectivity index (χ4n) is 1.31. The van der Waals surface area contributed by atoms with Gasteiger partial charge in [-0.15, -0.1) is 0 Å². The molecule has 0 aliphatic heterocycles. The van der Waals surface area contributed by atoms with Crippen LogP contribution < -0.4 is 10.6 Å². The third-order valence-electron chi connectivity index (χ3n) is 2.31. The molecule has 0 heterocycles. The van der Waals surface area contributed by atoms with E-state index in [2.05, 4.69) is 10.6 Å². The molecule has 20 heavy (non-hydrogen) atoms. The van der Waals surface area contributed by atoms with Gasteiger partial charge < -0.3 is 15.7 Å². The van der Waals surface area contributed by atoms with Gasteiger partial charge in [0.25, 0.3) is 5.91 Å². The third kappa shape index (κ3) is 4.63. The van der Waals surface area contributed by atoms with E-state index in [-0.39, 0.29) is 12.1 Å². The summed E-state index contributed by atoms with van der Waals surface area (Å²) in [5.41, 5.74) is 1.05. The molecule has 104 valence electrons. The van der Waals surface area contributed by atoms with Crippen LogP contribution in [-0.2, 0) is 9.59 Å². The van der Waals surface area contributed by atoms with E-state index in [1.807, 2.05) is 0 Å². The summed E-state index contributed by atoms with van der Waals surface area (Å²) in [6.45, 7) is 1.40. The predicted molar refractivity (Wildman–Crippen MR) is 74.2 cm³/mol. The molecule has 0 unspecified atom stereocenters. The maximum absolute atomic E-state index is 11.9. The lowest BCUT2D eigenvalue weighted by Gasteiger charge is -2.08. The summed E-state index contributed by atoms with van der Waals surface area (Å²) >= 11 is 5.82. The van der Waals surface area contributed by atoms with Crippen molar-refractivity contribution in [1.82, 2.24) is 5.32 Å². The first-order valence-corrected chi connectivity index (χ1v) is 5.94. The molecule has 0 aromatic heterocycles. The third-order valence-corrected chi connectivity index (χ3v) is 2.55. The number of carbonyl (C=O) groups excluding carboxylic acids is 1. The van der Waals surface area contributed by atoms with Crippen LogP contribution in [0.2, 0.25) is 5.02 Å². The van der Waals surface area contributed by atoms with Gasteiger partial charge in [-0.3, -0.25) is 9.59 Å². The minimum Gasteiger partial charge on any atom is -0.480 e. The zero-order valence-corrected chi connectivity index (χ0v) is 11.4. The van der Waals surface area contributed by atoms with Gasteiger partial charge in [0.15, 0.2) is 0 Å². The zero-order valence-electron chi connectivity index (χ0n) is 10.6. The van der Waals surface area contributed by atoms with Crippen LogP contribution in [0.5, 0.6) is 0 Å². The number of halogens is 1. The molecule has 0 bridgehead atoms. The van der Waals surface area contributed by atoms with Gasteiger partial charge in [0.05, 0.1) is 0 Å². The molecular formula is C13H12ClN3O3. The van der Waals surface area contributed by atoms with E-state index in [4.69, 9.17) is 22.0 Å². The van der Waals surface area contributed by atoms with E-state index >= 15 is 0 Å². The SMILES string of the molecule is Cc1ccc(Cl)cc1NC(=O)/C(C#N)=C\NCC(=O)O. The minimum atomic E-state index is -1.09. The number of carbonyl (C=O) groups is 2. The first-order chi connectivity index (χ1) is 9.43. The maximum atomic E-state index is 11.9. The van der Waals surface area contributed by atoms with Crippen LogP contribution in [0, 0.1) is 18.3 Å². The first-order valence-electron chi connectivity index (χ1n) is 5.57. The van der Waals surface area contributed by atoms with Crippen molar-refractivity contribution in [3.63, 3.8) is 0 Å². The number of aryl methyl sites for hydroxylation is 1. The van der Waals surface area contributed by atoms with Gasteiger partial charge in [-0.05, 0) is 24.6 Å². The quantitative estimate of drug-likeness (QED) is 0.566. The van der Waals surface area contributed by atoms with Gasteiger partial charge in [0.1, 0.15) is 18.2 Å². The predicted octanol–water partition coefficient (Wildman–Crippen LogP) is 1.67. The molecule has 1 aromatic rings. The zero-order chi connectivity index (χ0) is 15.1. The van der Waals surface area contributed by atoms with Gasteiger partial charge in [-0.2, -0.15) is 5.26 Å². The summed E-state index contributed by atoms with van der Waals surface area (Å²) in [6, 6.07) is 6.67. The summed E-state index contributed by atoms with van der Waals surface area (Å²) in [4.78, 5) is 22.2. The summed E-state index contributed by atoms with van der Waals surface area (Å²) in [6.07, 6.45) is 1.06. The number of carboxylic acid groups (broad SMARTS) is 1. The van der Waals surface area contributed by atoms with Crippen molar-refractivity contribution in [2.75, 3.05) is 11.9 Å². The van der Waals surface area contributed by atoms with Gasteiger partial charge in [0.2, 0.25) is 0 Å². The number of anilines is 1. The molecule has 0 atom stereocenters. The van der Waals surface area contributed by atoms with E-state index in [9.17, 15) is 9.59 Å². The minimum absolute atomic E-state index is 0.231. The van der Waals surface area contributed by atoms with E-state index in [1.54, 1.807) is 31.2 Å². The van der Waals surface area contributed by atoms with Crippen LogP contribution in [0.3, 0.4) is 0 Å². The number of rotatable bonds is 5. The molecule has 0 saturated heterocycles. The average molecular weight is 294 g/mol. The number of benzene rings is 1.